The van der Waals surface area contributed by atoms with E-state index in [1.54, 1.807) is 6.20 Å². The predicted octanol–water partition coefficient (Wildman–Crippen LogP) is 4.20. The second kappa shape index (κ2) is 13.1. The lowest BCUT2D eigenvalue weighted by molar-refractivity contribution is -0.143. The van der Waals surface area contributed by atoms with Crippen LogP contribution in [0.3, 0.4) is 0 Å². The molecule has 1 saturated heterocycles. The maximum absolute atomic E-state index is 14.0. The Labute approximate surface area is 240 Å². The van der Waals surface area contributed by atoms with Crippen LogP contribution >= 0.6 is 0 Å². The van der Waals surface area contributed by atoms with Gasteiger partial charge in [-0.25, -0.2) is 0 Å². The average Bonchev–Trinajstić information content (AvgIpc) is 3.61. The summed E-state index contributed by atoms with van der Waals surface area (Å²) < 4.78 is 11.1. The fraction of sp³-hybridized carbons (Fsp3) is 0.406. The van der Waals surface area contributed by atoms with E-state index in [9.17, 15) is 14.7 Å². The summed E-state index contributed by atoms with van der Waals surface area (Å²) in [6, 6.07) is 18.8. The zero-order chi connectivity index (χ0) is 28.8. The molecule has 1 fully saturated rings. The van der Waals surface area contributed by atoms with Crippen LogP contribution in [0, 0.1) is 5.92 Å². The number of amides is 1. The molecule has 41 heavy (non-hydrogen) atoms. The van der Waals surface area contributed by atoms with E-state index in [0.29, 0.717) is 44.0 Å². The number of nitrogens with zero attached hydrogens (tertiary/aromatic N) is 3. The Hall–Kier alpha value is -3.95. The molecule has 0 aliphatic carbocycles. The number of aryl methyl sites for hydroxylation is 1. The van der Waals surface area contributed by atoms with Gasteiger partial charge in [-0.15, -0.1) is 0 Å². The average molecular weight is 559 g/mol. The molecule has 0 bridgehead atoms. The lowest BCUT2D eigenvalue weighted by Crippen LogP contribution is -2.44. The lowest BCUT2D eigenvalue weighted by atomic mass is 9.83. The van der Waals surface area contributed by atoms with Gasteiger partial charge >= 0.3 is 5.97 Å². The first-order valence-corrected chi connectivity index (χ1v) is 14.3. The van der Waals surface area contributed by atoms with Crippen LogP contribution in [0.2, 0.25) is 0 Å². The number of carboxylic acids is 1. The summed E-state index contributed by atoms with van der Waals surface area (Å²) in [5.74, 6) is -0.650. The molecule has 3 aromatic rings. The molecule has 0 spiro atoms. The number of aromatic nitrogens is 1. The van der Waals surface area contributed by atoms with Crippen LogP contribution in [0.15, 0.2) is 66.9 Å². The first kappa shape index (κ1) is 28.6. The molecule has 216 valence electrons. The molecule has 9 nitrogen and oxygen atoms in total. The van der Waals surface area contributed by atoms with E-state index in [2.05, 4.69) is 16.8 Å². The number of hydrogen-bond acceptors (Lipinski definition) is 7. The molecule has 0 saturated carbocycles. The minimum absolute atomic E-state index is 0.0501. The number of fused-ring (bicyclic) bond motifs is 1. The van der Waals surface area contributed by atoms with Crippen LogP contribution in [-0.4, -0.2) is 59.3 Å². The highest BCUT2D eigenvalue weighted by molar-refractivity contribution is 5.95. The number of hydrogen-bond donors (Lipinski definition) is 2. The Kier molecular flexibility index (Phi) is 9.16. The first-order valence-electron chi connectivity index (χ1n) is 14.3. The fourth-order valence-electron chi connectivity index (χ4n) is 6.00. The summed E-state index contributed by atoms with van der Waals surface area (Å²) in [5, 5.41) is 10.5. The number of carbonyl (C=O) groups is 2. The number of nitrogens with two attached hydrogens (primary N) is 1. The van der Waals surface area contributed by atoms with Gasteiger partial charge in [-0.2, -0.15) is 0 Å². The lowest BCUT2D eigenvalue weighted by Gasteiger charge is -2.30. The Morgan fingerprint density at radius 1 is 1.10 bits per heavy atom. The van der Waals surface area contributed by atoms with E-state index in [1.165, 1.54) is 0 Å². The molecular weight excluding hydrogens is 520 g/mol. The smallest absolute Gasteiger partial charge is 0.308 e. The molecule has 1 amide bonds. The molecule has 2 aromatic carbocycles. The number of unbranched alkanes of at least 4 members (excludes halogenated alkanes) is 1. The zero-order valence-corrected chi connectivity index (χ0v) is 23.4. The zero-order valence-electron chi connectivity index (χ0n) is 23.4. The minimum Gasteiger partial charge on any atom is -0.481 e. The molecule has 1 aromatic heterocycles. The van der Waals surface area contributed by atoms with E-state index in [0.717, 1.165) is 35.3 Å². The summed E-state index contributed by atoms with van der Waals surface area (Å²) in [7, 11) is 0. The molecule has 3 heterocycles. The van der Waals surface area contributed by atoms with Crippen molar-refractivity contribution in [3.63, 3.8) is 0 Å². The number of aliphatic carboxylic acids is 1. The molecule has 3 atom stereocenters. The SMILES string of the molecule is CCCCN(C(=O)CN1C[C@H](c2ccc3c(c2)OCO3)[C@@H](C(=O)O)[C@@H]1CCc1ccccn1)c1cccc(CN)c1. The summed E-state index contributed by atoms with van der Waals surface area (Å²) in [6.07, 6.45) is 4.74. The third-order valence-electron chi connectivity index (χ3n) is 8.11. The largest absolute Gasteiger partial charge is 0.481 e. The number of carbonyl (C=O) groups excluding carboxylic acids is 1. The summed E-state index contributed by atoms with van der Waals surface area (Å²) in [4.78, 5) is 35.1. The van der Waals surface area contributed by atoms with Gasteiger partial charge in [-0.05, 0) is 66.8 Å². The van der Waals surface area contributed by atoms with Crippen molar-refractivity contribution in [2.45, 2.75) is 51.1 Å². The number of anilines is 1. The Balaban J connectivity index is 1.44. The van der Waals surface area contributed by atoms with Gasteiger partial charge in [0.2, 0.25) is 12.7 Å². The monoisotopic (exact) mass is 558 g/mol. The number of ether oxygens (including phenoxy) is 2. The van der Waals surface area contributed by atoms with Gasteiger partial charge in [0.25, 0.3) is 0 Å². The van der Waals surface area contributed by atoms with Gasteiger partial charge < -0.3 is 25.2 Å². The predicted molar refractivity (Wildman–Crippen MR) is 156 cm³/mol. The van der Waals surface area contributed by atoms with Crippen molar-refractivity contribution in [3.05, 3.63) is 83.7 Å². The molecule has 2 aliphatic heterocycles. The molecule has 3 N–H and O–H groups in total. The fourth-order valence-corrected chi connectivity index (χ4v) is 6.00. The minimum atomic E-state index is -0.868. The quantitative estimate of drug-likeness (QED) is 0.340. The van der Waals surface area contributed by atoms with Gasteiger partial charge in [0.15, 0.2) is 11.5 Å². The molecule has 0 radical (unpaired) electrons. The van der Waals surface area contributed by atoms with Crippen LogP contribution in [-0.2, 0) is 22.6 Å². The van der Waals surface area contributed by atoms with Crippen molar-refractivity contribution >= 4 is 17.6 Å². The second-order valence-electron chi connectivity index (χ2n) is 10.7. The van der Waals surface area contributed by atoms with Crippen LogP contribution < -0.4 is 20.1 Å². The van der Waals surface area contributed by atoms with Gasteiger partial charge in [-0.1, -0.05) is 37.6 Å². The third kappa shape index (κ3) is 6.52. The maximum atomic E-state index is 14.0. The summed E-state index contributed by atoms with van der Waals surface area (Å²) >= 11 is 0. The number of pyridine rings is 1. The van der Waals surface area contributed by atoms with Gasteiger partial charge in [0, 0.05) is 49.2 Å². The molecule has 9 heteroatoms. The molecule has 5 rings (SSSR count). The van der Waals surface area contributed by atoms with Crippen LogP contribution in [0.25, 0.3) is 0 Å². The second-order valence-corrected chi connectivity index (χ2v) is 10.7. The summed E-state index contributed by atoms with van der Waals surface area (Å²) in [6.45, 7) is 3.79. The van der Waals surface area contributed by atoms with Crippen LogP contribution in [0.1, 0.15) is 48.9 Å². The normalized spacial score (nSPS) is 19.8. The Morgan fingerprint density at radius 3 is 2.71 bits per heavy atom. The number of carboxylic acid groups (broad SMARTS) is 1. The van der Waals surface area contributed by atoms with Crippen molar-refractivity contribution in [1.29, 1.82) is 0 Å². The van der Waals surface area contributed by atoms with Gasteiger partial charge in [-0.3, -0.25) is 19.5 Å². The van der Waals surface area contributed by atoms with E-state index in [1.807, 2.05) is 65.6 Å². The maximum Gasteiger partial charge on any atom is 0.308 e. The molecule has 0 unspecified atom stereocenters. The third-order valence-corrected chi connectivity index (χ3v) is 8.11. The first-order chi connectivity index (χ1) is 20.0. The van der Waals surface area contributed by atoms with E-state index >= 15 is 0 Å². The standard InChI is InChI=1S/C32H38N4O5/c1-2-3-15-36(25-9-6-7-22(16-25)18-33)30(37)20-35-19-26(23-10-13-28-29(17-23)41-21-40-28)31(32(38)39)27(35)12-11-24-8-4-5-14-34-24/h4-10,13-14,16-17,26-27,31H,2-3,11-12,15,18-21,33H2,1H3,(H,38,39)/t26-,27+,31-/m1/s1. The Morgan fingerprint density at radius 2 is 1.95 bits per heavy atom. The van der Waals surface area contributed by atoms with Gasteiger partial charge in [0.05, 0.1) is 12.5 Å². The van der Waals surface area contributed by atoms with E-state index in [4.69, 9.17) is 15.2 Å². The van der Waals surface area contributed by atoms with Crippen LogP contribution in [0.5, 0.6) is 11.5 Å². The number of benzene rings is 2. The van der Waals surface area contributed by atoms with Crippen molar-refractivity contribution < 1.29 is 24.2 Å². The van der Waals surface area contributed by atoms with Crippen molar-refractivity contribution in [2.24, 2.45) is 11.7 Å². The van der Waals surface area contributed by atoms with Crippen molar-refractivity contribution in [2.75, 3.05) is 31.3 Å². The van der Waals surface area contributed by atoms with E-state index < -0.39 is 11.9 Å². The molecular formula is C32H38N4O5. The van der Waals surface area contributed by atoms with Gasteiger partial charge in [0.1, 0.15) is 0 Å². The highest BCUT2D eigenvalue weighted by Gasteiger charge is 2.47. The number of rotatable bonds is 12. The highest BCUT2D eigenvalue weighted by Crippen LogP contribution is 2.43. The summed E-state index contributed by atoms with van der Waals surface area (Å²) in [5.41, 5.74) is 9.43. The van der Waals surface area contributed by atoms with Crippen LogP contribution in [0.4, 0.5) is 5.69 Å². The topological polar surface area (TPSA) is 118 Å². The van der Waals surface area contributed by atoms with Crippen molar-refractivity contribution in [1.82, 2.24) is 9.88 Å². The van der Waals surface area contributed by atoms with E-state index in [-0.39, 0.29) is 31.2 Å². The Bertz CT molecular complexity index is 1350. The highest BCUT2D eigenvalue weighted by atomic mass is 16.7. The molecule has 2 aliphatic rings. The van der Waals surface area contributed by atoms with Crippen molar-refractivity contribution in [3.8, 4) is 11.5 Å². The number of likely N-dealkylation sites (tertiary alicyclic amines) is 1.